The topological polar surface area (TPSA) is 88.8 Å². The fourth-order valence-electron chi connectivity index (χ4n) is 2.91. The molecule has 0 aliphatic heterocycles. The number of nitrogens with zero attached hydrogens (tertiary/aromatic N) is 5. The van der Waals surface area contributed by atoms with Crippen LogP contribution in [0, 0.1) is 12.7 Å². The molecule has 27 heavy (non-hydrogen) atoms. The Balaban J connectivity index is 1.89. The number of imidazole rings is 1. The molecular weight excluding hydrogens is 347 g/mol. The maximum atomic E-state index is 13.3. The summed E-state index contributed by atoms with van der Waals surface area (Å²) in [7, 11) is 0. The van der Waals surface area contributed by atoms with Crippen LogP contribution >= 0.6 is 0 Å². The zero-order chi connectivity index (χ0) is 18.8. The van der Waals surface area contributed by atoms with Gasteiger partial charge in [0.2, 0.25) is 0 Å². The lowest BCUT2D eigenvalue weighted by Crippen LogP contribution is -2.07. The molecule has 4 aromatic heterocycles. The summed E-state index contributed by atoms with van der Waals surface area (Å²) in [6, 6.07) is 6.68. The maximum absolute atomic E-state index is 13.3. The number of rotatable bonds is 5. The highest BCUT2D eigenvalue weighted by Crippen LogP contribution is 2.29. The van der Waals surface area contributed by atoms with E-state index in [4.69, 9.17) is 10.1 Å². The van der Waals surface area contributed by atoms with Crippen LogP contribution in [0.1, 0.15) is 5.56 Å². The Hall–Kier alpha value is -3.39. The van der Waals surface area contributed by atoms with Gasteiger partial charge in [0.15, 0.2) is 0 Å². The molecule has 0 spiro atoms. The molecule has 4 heterocycles. The van der Waals surface area contributed by atoms with E-state index in [1.54, 1.807) is 24.7 Å². The number of hydrogen-bond donors (Lipinski definition) is 2. The Morgan fingerprint density at radius 1 is 1.15 bits per heavy atom. The van der Waals surface area contributed by atoms with Gasteiger partial charge < -0.3 is 10.4 Å². The van der Waals surface area contributed by atoms with E-state index in [1.807, 2.05) is 23.6 Å². The highest BCUT2D eigenvalue weighted by Gasteiger charge is 2.17. The van der Waals surface area contributed by atoms with Crippen LogP contribution in [0.15, 0.2) is 49.1 Å². The second-order valence-electron chi connectivity index (χ2n) is 6.00. The first-order chi connectivity index (χ1) is 13.2. The van der Waals surface area contributed by atoms with Gasteiger partial charge in [-0.2, -0.15) is 0 Å². The number of fused-ring (bicyclic) bond motifs is 1. The van der Waals surface area contributed by atoms with Crippen molar-refractivity contribution < 1.29 is 9.50 Å². The van der Waals surface area contributed by atoms with Gasteiger partial charge in [-0.05, 0) is 36.8 Å². The quantitative estimate of drug-likeness (QED) is 0.566. The van der Waals surface area contributed by atoms with E-state index in [0.717, 1.165) is 22.2 Å². The van der Waals surface area contributed by atoms with E-state index in [1.165, 1.54) is 12.3 Å². The molecule has 0 unspecified atom stereocenters. The first kappa shape index (κ1) is 17.0. The second-order valence-corrected chi connectivity index (χ2v) is 6.00. The fourth-order valence-corrected chi connectivity index (χ4v) is 2.91. The number of halogens is 1. The summed E-state index contributed by atoms with van der Waals surface area (Å²) < 4.78 is 15.2. The molecule has 0 radical (unpaired) electrons. The van der Waals surface area contributed by atoms with Gasteiger partial charge >= 0.3 is 0 Å². The Labute approximate surface area is 154 Å². The van der Waals surface area contributed by atoms with Crippen LogP contribution in [-0.2, 0) is 0 Å². The molecule has 0 aliphatic carbocycles. The lowest BCUT2D eigenvalue weighted by Gasteiger charge is -2.11. The largest absolute Gasteiger partial charge is 0.395 e. The summed E-state index contributed by atoms with van der Waals surface area (Å²) in [5, 5.41) is 12.0. The summed E-state index contributed by atoms with van der Waals surface area (Å²) >= 11 is 0. The highest BCUT2D eigenvalue weighted by molar-refractivity contribution is 5.82. The normalized spacial score (nSPS) is 11.1. The molecule has 0 atom stereocenters. The molecule has 4 aromatic rings. The summed E-state index contributed by atoms with van der Waals surface area (Å²) in [5.41, 5.74) is 3.31. The fraction of sp³-hybridized carbons (Fsp3) is 0.158. The van der Waals surface area contributed by atoms with Crippen molar-refractivity contribution in [3.05, 3.63) is 60.4 Å². The average Bonchev–Trinajstić information content (AvgIpc) is 3.06. The number of hydrogen-bond acceptors (Lipinski definition) is 6. The minimum Gasteiger partial charge on any atom is -0.395 e. The molecule has 0 aliphatic rings. The third-order valence-electron chi connectivity index (χ3n) is 4.17. The van der Waals surface area contributed by atoms with Crippen LogP contribution in [0.2, 0.25) is 0 Å². The van der Waals surface area contributed by atoms with E-state index in [-0.39, 0.29) is 6.61 Å². The lowest BCUT2D eigenvalue weighted by molar-refractivity contribution is 0.311. The first-order valence-corrected chi connectivity index (χ1v) is 8.43. The molecule has 2 N–H and O–H groups in total. The van der Waals surface area contributed by atoms with Crippen LogP contribution in [-0.4, -0.2) is 42.8 Å². The minimum absolute atomic E-state index is 0.0293. The first-order valence-electron chi connectivity index (χ1n) is 8.43. The zero-order valence-corrected chi connectivity index (χ0v) is 14.6. The summed E-state index contributed by atoms with van der Waals surface area (Å²) in [5.74, 6) is 1.47. The number of aliphatic hydroxyl groups excluding tert-OH is 1. The van der Waals surface area contributed by atoms with Gasteiger partial charge in [0, 0.05) is 24.5 Å². The van der Waals surface area contributed by atoms with E-state index in [9.17, 15) is 4.39 Å². The van der Waals surface area contributed by atoms with Crippen molar-refractivity contribution in [3.8, 4) is 17.2 Å². The van der Waals surface area contributed by atoms with Crippen molar-refractivity contribution in [2.45, 2.75) is 6.92 Å². The zero-order valence-electron chi connectivity index (χ0n) is 14.6. The number of nitrogens with one attached hydrogen (secondary N) is 1. The molecule has 8 heteroatoms. The Bertz CT molecular complexity index is 1090. The summed E-state index contributed by atoms with van der Waals surface area (Å²) in [6.07, 6.45) is 6.28. The van der Waals surface area contributed by atoms with Crippen LogP contribution in [0.3, 0.4) is 0 Å². The predicted molar refractivity (Wildman–Crippen MR) is 100 cm³/mol. The van der Waals surface area contributed by atoms with Crippen molar-refractivity contribution in [2.24, 2.45) is 0 Å². The number of aliphatic hydroxyl groups is 1. The molecule has 4 rings (SSSR count). The SMILES string of the molecule is Cc1cc(NCCO)ncc1-c1nc2ccncc2n1-c1ccc(F)cn1. The van der Waals surface area contributed by atoms with E-state index in [2.05, 4.69) is 20.3 Å². The van der Waals surface area contributed by atoms with Gasteiger partial charge in [-0.15, -0.1) is 0 Å². The van der Waals surface area contributed by atoms with Gasteiger partial charge in [-0.3, -0.25) is 9.55 Å². The molecule has 0 saturated carbocycles. The molecule has 0 amide bonds. The van der Waals surface area contributed by atoms with Crippen molar-refractivity contribution in [3.63, 3.8) is 0 Å². The monoisotopic (exact) mass is 364 g/mol. The molecular formula is C19H17FN6O. The Kier molecular flexibility index (Phi) is 4.47. The average molecular weight is 364 g/mol. The van der Waals surface area contributed by atoms with Crippen LogP contribution in [0.4, 0.5) is 10.2 Å². The molecule has 0 aromatic carbocycles. The van der Waals surface area contributed by atoms with E-state index in [0.29, 0.717) is 24.0 Å². The van der Waals surface area contributed by atoms with Crippen molar-refractivity contribution >= 4 is 16.9 Å². The van der Waals surface area contributed by atoms with Gasteiger partial charge in [-0.25, -0.2) is 19.3 Å². The molecule has 0 saturated heterocycles. The van der Waals surface area contributed by atoms with Crippen molar-refractivity contribution in [2.75, 3.05) is 18.5 Å². The van der Waals surface area contributed by atoms with Gasteiger partial charge in [-0.1, -0.05) is 0 Å². The molecule has 0 fully saturated rings. The number of anilines is 1. The van der Waals surface area contributed by atoms with Crippen LogP contribution in [0.5, 0.6) is 0 Å². The second kappa shape index (κ2) is 7.08. The van der Waals surface area contributed by atoms with Crippen molar-refractivity contribution in [1.29, 1.82) is 0 Å². The van der Waals surface area contributed by atoms with Crippen LogP contribution in [0.25, 0.3) is 28.2 Å². The molecule has 7 nitrogen and oxygen atoms in total. The Morgan fingerprint density at radius 2 is 2.04 bits per heavy atom. The van der Waals surface area contributed by atoms with E-state index >= 15 is 0 Å². The van der Waals surface area contributed by atoms with Gasteiger partial charge in [0.1, 0.15) is 23.3 Å². The molecule has 136 valence electrons. The predicted octanol–water partition coefficient (Wildman–Crippen LogP) is 2.73. The summed E-state index contributed by atoms with van der Waals surface area (Å²) in [6.45, 7) is 2.41. The van der Waals surface area contributed by atoms with Gasteiger partial charge in [0.25, 0.3) is 0 Å². The van der Waals surface area contributed by atoms with Crippen molar-refractivity contribution in [1.82, 2.24) is 24.5 Å². The third-order valence-corrected chi connectivity index (χ3v) is 4.17. The highest BCUT2D eigenvalue weighted by atomic mass is 19.1. The third kappa shape index (κ3) is 3.22. The van der Waals surface area contributed by atoms with Crippen LogP contribution < -0.4 is 5.32 Å². The lowest BCUT2D eigenvalue weighted by atomic mass is 10.1. The smallest absolute Gasteiger partial charge is 0.148 e. The van der Waals surface area contributed by atoms with E-state index < -0.39 is 5.82 Å². The number of aryl methyl sites for hydroxylation is 1. The number of aromatic nitrogens is 5. The molecule has 0 bridgehead atoms. The Morgan fingerprint density at radius 3 is 2.78 bits per heavy atom. The minimum atomic E-state index is -0.403. The van der Waals surface area contributed by atoms with Gasteiger partial charge in [0.05, 0.1) is 30.0 Å². The summed E-state index contributed by atoms with van der Waals surface area (Å²) in [4.78, 5) is 17.5. The maximum Gasteiger partial charge on any atom is 0.148 e. The number of pyridine rings is 3. The standard InChI is InChI=1S/C19H17FN6O/c1-12-8-17(22-6-7-27)23-10-14(12)19-25-15-4-5-21-11-16(15)26(19)18-3-2-13(20)9-24-18/h2-5,8-11,27H,6-7H2,1H3,(H,22,23).